The molecule has 1 unspecified atom stereocenters. The second-order valence-electron chi connectivity index (χ2n) is 5.08. The Hall–Kier alpha value is -2.37. The number of alkyl halides is 4. The van der Waals surface area contributed by atoms with Crippen LogP contribution in [0.2, 0.25) is 0 Å². The molecule has 0 bridgehead atoms. The maximum atomic E-state index is 12.5. The van der Waals surface area contributed by atoms with Crippen molar-refractivity contribution in [1.82, 2.24) is 0 Å². The predicted octanol–water partition coefficient (Wildman–Crippen LogP) is 3.13. The molecule has 0 aliphatic rings. The Bertz CT molecular complexity index is 895. The molecule has 0 amide bonds. The second kappa shape index (κ2) is 6.86. The molecule has 0 spiro atoms. The van der Waals surface area contributed by atoms with Gasteiger partial charge in [0.1, 0.15) is 6.67 Å². The van der Waals surface area contributed by atoms with Crippen molar-refractivity contribution in [2.75, 3.05) is 6.67 Å². The first-order valence-corrected chi connectivity index (χ1v) is 8.37. The monoisotopic (exact) mass is 372 g/mol. The molecule has 2 aromatic carbocycles. The average Bonchev–Trinajstić information content (AvgIpc) is 2.59. The molecule has 3 nitrogen and oxygen atoms in total. The zero-order valence-corrected chi connectivity index (χ0v) is 13.4. The minimum atomic E-state index is -5.24. The third-order valence-corrected chi connectivity index (χ3v) is 5.08. The van der Waals surface area contributed by atoms with E-state index in [0.717, 1.165) is 0 Å². The lowest BCUT2D eigenvalue weighted by Gasteiger charge is -2.21. The molecule has 1 N–H and O–H groups in total. The molecule has 8 heteroatoms. The fraction of sp³-hybridized carbons (Fsp3) is 0.176. The highest BCUT2D eigenvalue weighted by Crippen LogP contribution is 2.30. The minimum Gasteiger partial charge on any atom is -0.368 e. The van der Waals surface area contributed by atoms with Gasteiger partial charge in [-0.1, -0.05) is 30.0 Å². The van der Waals surface area contributed by atoms with Crippen molar-refractivity contribution in [1.29, 1.82) is 0 Å². The quantitative estimate of drug-likeness (QED) is 0.665. The first-order chi connectivity index (χ1) is 11.6. The Kier molecular flexibility index (Phi) is 5.20. The summed E-state index contributed by atoms with van der Waals surface area (Å²) in [4.78, 5) is -0.00136. The van der Waals surface area contributed by atoms with Crippen LogP contribution < -0.4 is 0 Å². The Morgan fingerprint density at radius 2 is 1.44 bits per heavy atom. The summed E-state index contributed by atoms with van der Waals surface area (Å²) < 4.78 is 74.9. The first-order valence-electron chi connectivity index (χ1n) is 6.89. The number of hydrogen-bond donors (Lipinski definition) is 1. The Morgan fingerprint density at radius 1 is 0.920 bits per heavy atom. The molecule has 25 heavy (non-hydrogen) atoms. The van der Waals surface area contributed by atoms with Crippen molar-refractivity contribution in [2.24, 2.45) is 0 Å². The lowest BCUT2D eigenvalue weighted by atomic mass is 10.1. The highest BCUT2D eigenvalue weighted by atomic mass is 32.2. The minimum absolute atomic E-state index is 0.00290. The van der Waals surface area contributed by atoms with Crippen LogP contribution in [0, 0.1) is 11.8 Å². The van der Waals surface area contributed by atoms with Crippen LogP contribution in [-0.2, 0) is 9.84 Å². The highest BCUT2D eigenvalue weighted by Gasteiger charge is 2.53. The number of halogens is 4. The normalized spacial score (nSPS) is 14.3. The van der Waals surface area contributed by atoms with Gasteiger partial charge in [-0.3, -0.25) is 0 Å². The van der Waals surface area contributed by atoms with Gasteiger partial charge in [0.2, 0.25) is 9.84 Å². The van der Waals surface area contributed by atoms with Crippen LogP contribution >= 0.6 is 0 Å². The molecule has 132 valence electrons. The van der Waals surface area contributed by atoms with Crippen molar-refractivity contribution in [3.8, 4) is 11.8 Å². The van der Waals surface area contributed by atoms with Crippen molar-refractivity contribution >= 4 is 9.84 Å². The topological polar surface area (TPSA) is 54.4 Å². The molecule has 0 fully saturated rings. The van der Waals surface area contributed by atoms with E-state index in [2.05, 4.69) is 0 Å². The van der Waals surface area contributed by atoms with Crippen LogP contribution in [0.1, 0.15) is 5.56 Å². The van der Waals surface area contributed by atoms with E-state index in [9.17, 15) is 31.1 Å². The van der Waals surface area contributed by atoms with Crippen molar-refractivity contribution in [3.05, 3.63) is 60.2 Å². The van der Waals surface area contributed by atoms with Crippen LogP contribution in [0.15, 0.2) is 64.4 Å². The molecule has 1 atom stereocenters. The van der Waals surface area contributed by atoms with Crippen molar-refractivity contribution in [3.63, 3.8) is 0 Å². The van der Waals surface area contributed by atoms with E-state index in [-0.39, 0.29) is 15.4 Å². The maximum Gasteiger partial charge on any atom is 0.431 e. The van der Waals surface area contributed by atoms with E-state index < -0.39 is 28.3 Å². The number of aliphatic hydroxyl groups is 1. The summed E-state index contributed by atoms with van der Waals surface area (Å²) in [6.45, 7) is -2.11. The Morgan fingerprint density at radius 3 is 1.92 bits per heavy atom. The van der Waals surface area contributed by atoms with E-state index in [1.54, 1.807) is 18.2 Å². The fourth-order valence-corrected chi connectivity index (χ4v) is 3.09. The summed E-state index contributed by atoms with van der Waals surface area (Å²) in [5.41, 5.74) is -3.76. The summed E-state index contributed by atoms with van der Waals surface area (Å²) in [5.74, 6) is 3.45. The smallest absolute Gasteiger partial charge is 0.368 e. The van der Waals surface area contributed by atoms with Gasteiger partial charge in [-0.2, -0.15) is 13.2 Å². The predicted molar refractivity (Wildman–Crippen MR) is 82.2 cm³/mol. The van der Waals surface area contributed by atoms with E-state index >= 15 is 0 Å². The van der Waals surface area contributed by atoms with Crippen molar-refractivity contribution in [2.45, 2.75) is 21.6 Å². The number of rotatable bonds is 3. The van der Waals surface area contributed by atoms with E-state index in [4.69, 9.17) is 0 Å². The lowest BCUT2D eigenvalue weighted by Crippen LogP contribution is -2.45. The molecule has 0 heterocycles. The number of hydrogen-bond acceptors (Lipinski definition) is 3. The molecule has 0 saturated carbocycles. The van der Waals surface area contributed by atoms with Gasteiger partial charge >= 0.3 is 6.18 Å². The summed E-state index contributed by atoms with van der Waals surface area (Å²) in [6.07, 6.45) is -5.24. The van der Waals surface area contributed by atoms with E-state index in [1.807, 2.05) is 5.92 Å². The molecule has 0 aromatic heterocycles. The van der Waals surface area contributed by atoms with Gasteiger partial charge in [0, 0.05) is 5.56 Å². The lowest BCUT2D eigenvalue weighted by molar-refractivity contribution is -0.239. The van der Waals surface area contributed by atoms with E-state index in [0.29, 0.717) is 0 Å². The summed E-state index contributed by atoms with van der Waals surface area (Å²) in [5, 5.41) is 9.18. The largest absolute Gasteiger partial charge is 0.431 e. The van der Waals surface area contributed by atoms with Gasteiger partial charge in [-0.15, -0.1) is 0 Å². The fourth-order valence-electron chi connectivity index (χ4n) is 1.81. The van der Waals surface area contributed by atoms with Gasteiger partial charge in [-0.05, 0) is 36.4 Å². The van der Waals surface area contributed by atoms with Crippen LogP contribution in [0.4, 0.5) is 17.6 Å². The molecule has 0 aliphatic heterocycles. The van der Waals surface area contributed by atoms with E-state index in [1.165, 1.54) is 42.3 Å². The van der Waals surface area contributed by atoms with Crippen molar-refractivity contribution < 1.29 is 31.1 Å². The summed E-state index contributed by atoms with van der Waals surface area (Å²) in [7, 11) is -3.76. The van der Waals surface area contributed by atoms with Gasteiger partial charge < -0.3 is 5.11 Å². The summed E-state index contributed by atoms with van der Waals surface area (Å²) >= 11 is 0. The first kappa shape index (κ1) is 19.0. The maximum absolute atomic E-state index is 12.5. The molecule has 0 aliphatic carbocycles. The molecular formula is C17H12F4O3S. The van der Waals surface area contributed by atoms with Gasteiger partial charge in [0.25, 0.3) is 5.60 Å². The molecular weight excluding hydrogens is 360 g/mol. The van der Waals surface area contributed by atoms with Gasteiger partial charge in [0.15, 0.2) is 0 Å². The molecule has 2 rings (SSSR count). The van der Waals surface area contributed by atoms with Crippen LogP contribution in [0.5, 0.6) is 0 Å². The zero-order valence-electron chi connectivity index (χ0n) is 12.6. The van der Waals surface area contributed by atoms with Crippen LogP contribution in [-0.4, -0.2) is 32.0 Å². The molecule has 2 aromatic rings. The Balaban J connectivity index is 2.32. The SMILES string of the molecule is O=S(=O)(c1ccccc1)c1ccc(C#CC(O)(CF)C(F)(F)F)cc1. The highest BCUT2D eigenvalue weighted by molar-refractivity contribution is 7.91. The van der Waals surface area contributed by atoms with Gasteiger partial charge in [0.05, 0.1) is 9.79 Å². The average molecular weight is 372 g/mol. The standard InChI is InChI=1S/C17H12F4O3S/c18-12-16(22,17(19,20)21)11-10-13-6-8-15(9-7-13)25(23,24)14-4-2-1-3-5-14/h1-9,22H,12H2. The number of benzene rings is 2. The summed E-state index contributed by atoms with van der Waals surface area (Å²) in [6, 6.07) is 12.3. The molecule has 0 radical (unpaired) electrons. The third-order valence-electron chi connectivity index (χ3n) is 3.29. The second-order valence-corrected chi connectivity index (χ2v) is 7.03. The third kappa shape index (κ3) is 4.00. The van der Waals surface area contributed by atoms with Gasteiger partial charge in [-0.25, -0.2) is 12.8 Å². The Labute approximate surface area is 141 Å². The molecule has 0 saturated heterocycles. The zero-order chi connectivity index (χ0) is 18.7. The van der Waals surface area contributed by atoms with Crippen LogP contribution in [0.25, 0.3) is 0 Å². The number of sulfone groups is 1. The van der Waals surface area contributed by atoms with Crippen LogP contribution in [0.3, 0.4) is 0 Å².